The van der Waals surface area contributed by atoms with E-state index in [1.807, 2.05) is 0 Å². The van der Waals surface area contributed by atoms with Crippen LogP contribution in [0.5, 0.6) is 0 Å². The van der Waals surface area contributed by atoms with Gasteiger partial charge in [0.05, 0.1) is 5.69 Å². The average Bonchev–Trinajstić information content (AvgIpc) is 2.88. The number of para-hydroxylation sites is 1. The van der Waals surface area contributed by atoms with Crippen LogP contribution in [-0.4, -0.2) is 46.9 Å². The predicted octanol–water partition coefficient (Wildman–Crippen LogP) is 1.81. The van der Waals surface area contributed by atoms with Crippen molar-refractivity contribution < 1.29 is 28.3 Å². The summed E-state index contributed by atoms with van der Waals surface area (Å²) in [5.74, 6) is -2.78. The van der Waals surface area contributed by atoms with E-state index < -0.39 is 47.8 Å². The summed E-state index contributed by atoms with van der Waals surface area (Å²) in [7, 11) is 0. The van der Waals surface area contributed by atoms with Gasteiger partial charge in [0.25, 0.3) is 11.8 Å². The number of carbonyl (C=O) groups is 4. The first-order chi connectivity index (χ1) is 12.7. The second-order valence-electron chi connectivity index (χ2n) is 6.21. The van der Waals surface area contributed by atoms with Gasteiger partial charge in [-0.1, -0.05) is 26.0 Å². The number of esters is 1. The number of nitrogens with one attached hydrogen (secondary N) is 2. The van der Waals surface area contributed by atoms with Crippen LogP contribution in [0.2, 0.25) is 0 Å². The van der Waals surface area contributed by atoms with Gasteiger partial charge in [-0.2, -0.15) is 0 Å². The number of nitrogens with zero attached hydrogens (tertiary/aromatic N) is 1. The summed E-state index contributed by atoms with van der Waals surface area (Å²) in [5.41, 5.74) is -1.07. The van der Waals surface area contributed by atoms with Crippen LogP contribution in [0.3, 0.4) is 0 Å². The molecule has 1 aromatic carbocycles. The van der Waals surface area contributed by atoms with E-state index >= 15 is 0 Å². The molecule has 0 radical (unpaired) electrons. The molecule has 146 valence electrons. The Morgan fingerprint density at radius 1 is 1.26 bits per heavy atom. The van der Waals surface area contributed by atoms with Gasteiger partial charge in [0.2, 0.25) is 0 Å². The van der Waals surface area contributed by atoms with Gasteiger partial charge in [0, 0.05) is 0 Å². The number of urea groups is 1. The van der Waals surface area contributed by atoms with E-state index in [2.05, 4.69) is 10.6 Å². The Kier molecular flexibility index (Phi) is 6.14. The highest BCUT2D eigenvalue weighted by Crippen LogP contribution is 2.24. The van der Waals surface area contributed by atoms with Gasteiger partial charge in [-0.15, -0.1) is 0 Å². The van der Waals surface area contributed by atoms with Crippen LogP contribution >= 0.6 is 0 Å². The maximum Gasteiger partial charge on any atom is 0.327 e. The lowest BCUT2D eigenvalue weighted by atomic mass is 9.93. The van der Waals surface area contributed by atoms with Gasteiger partial charge in [-0.3, -0.25) is 19.3 Å². The first-order valence-corrected chi connectivity index (χ1v) is 8.63. The molecule has 1 saturated heterocycles. The summed E-state index contributed by atoms with van der Waals surface area (Å²) in [6, 6.07) is 4.88. The van der Waals surface area contributed by atoms with Crippen molar-refractivity contribution in [1.29, 1.82) is 0 Å². The monoisotopic (exact) mass is 379 g/mol. The van der Waals surface area contributed by atoms with Crippen LogP contribution < -0.4 is 10.6 Å². The molecule has 1 aliphatic heterocycles. The van der Waals surface area contributed by atoms with Crippen LogP contribution in [0.1, 0.15) is 33.6 Å². The lowest BCUT2D eigenvalue weighted by Gasteiger charge is -2.23. The topological polar surface area (TPSA) is 105 Å². The van der Waals surface area contributed by atoms with Crippen molar-refractivity contribution >= 4 is 29.5 Å². The molecule has 0 spiro atoms. The molecule has 0 aliphatic carbocycles. The summed E-state index contributed by atoms with van der Waals surface area (Å²) >= 11 is 0. The second kappa shape index (κ2) is 8.15. The van der Waals surface area contributed by atoms with E-state index in [1.165, 1.54) is 25.1 Å². The van der Waals surface area contributed by atoms with Crippen molar-refractivity contribution in [3.05, 3.63) is 30.1 Å². The Labute approximate surface area is 156 Å². The van der Waals surface area contributed by atoms with E-state index in [9.17, 15) is 23.6 Å². The number of benzene rings is 1. The molecule has 0 bridgehead atoms. The zero-order valence-electron chi connectivity index (χ0n) is 15.4. The Bertz CT molecular complexity index is 763. The predicted molar refractivity (Wildman–Crippen MR) is 94.1 cm³/mol. The van der Waals surface area contributed by atoms with Gasteiger partial charge in [-0.05, 0) is 31.9 Å². The molecule has 1 atom stereocenters. The maximum absolute atomic E-state index is 13.6. The summed E-state index contributed by atoms with van der Waals surface area (Å²) in [6.07, 6.45) is -0.456. The number of hydrogen-bond donors (Lipinski definition) is 2. The number of hydrogen-bond acceptors (Lipinski definition) is 5. The van der Waals surface area contributed by atoms with Crippen molar-refractivity contribution in [2.45, 2.75) is 45.3 Å². The largest absolute Gasteiger partial charge is 0.451 e. The third-order valence-corrected chi connectivity index (χ3v) is 4.55. The highest BCUT2D eigenvalue weighted by Gasteiger charge is 2.49. The fourth-order valence-electron chi connectivity index (χ4n) is 2.76. The maximum atomic E-state index is 13.6. The molecule has 1 fully saturated rings. The average molecular weight is 379 g/mol. The Hall–Kier alpha value is -2.97. The number of amides is 4. The van der Waals surface area contributed by atoms with Gasteiger partial charge in [-0.25, -0.2) is 9.18 Å². The van der Waals surface area contributed by atoms with Crippen molar-refractivity contribution in [1.82, 2.24) is 10.2 Å². The summed E-state index contributed by atoms with van der Waals surface area (Å²) in [6.45, 7) is 4.23. The van der Waals surface area contributed by atoms with Gasteiger partial charge >= 0.3 is 12.0 Å². The normalized spacial score (nSPS) is 16.7. The number of ether oxygens (including phenoxy) is 1. The minimum atomic E-state index is -1.24. The zero-order chi connectivity index (χ0) is 20.2. The van der Waals surface area contributed by atoms with Crippen LogP contribution in [0, 0.1) is 5.82 Å². The SMILES string of the molecule is CCC1(CC)NC(=O)N(CC(=O)OC(C)C(=O)Nc2ccccc2F)C1=O. The number of rotatable bonds is 7. The van der Waals surface area contributed by atoms with E-state index in [4.69, 9.17) is 4.74 Å². The number of imide groups is 1. The van der Waals surface area contributed by atoms with Crippen molar-refractivity contribution in [3.63, 3.8) is 0 Å². The number of halogens is 1. The summed E-state index contributed by atoms with van der Waals surface area (Å²) in [5, 5.41) is 4.90. The molecule has 0 aromatic heterocycles. The third-order valence-electron chi connectivity index (χ3n) is 4.55. The molecule has 0 saturated carbocycles. The minimum Gasteiger partial charge on any atom is -0.451 e. The smallest absolute Gasteiger partial charge is 0.327 e. The van der Waals surface area contributed by atoms with E-state index in [0.717, 1.165) is 4.90 Å². The molecule has 9 heteroatoms. The first-order valence-electron chi connectivity index (χ1n) is 8.63. The Morgan fingerprint density at radius 3 is 2.44 bits per heavy atom. The van der Waals surface area contributed by atoms with Crippen LogP contribution in [0.15, 0.2) is 24.3 Å². The Balaban J connectivity index is 1.95. The standard InChI is InChI=1S/C18H22FN3O5/c1-4-18(5-2)16(25)22(17(26)21-18)10-14(23)27-11(3)15(24)20-13-9-7-6-8-12(13)19/h6-9,11H,4-5,10H2,1-3H3,(H,20,24)(H,21,26). The van der Waals surface area contributed by atoms with Crippen LogP contribution in [-0.2, 0) is 19.1 Å². The van der Waals surface area contributed by atoms with Crippen LogP contribution in [0.25, 0.3) is 0 Å². The quantitative estimate of drug-likeness (QED) is 0.555. The molecule has 1 unspecified atom stereocenters. The van der Waals surface area contributed by atoms with Gasteiger partial charge in [0.15, 0.2) is 6.10 Å². The lowest BCUT2D eigenvalue weighted by Crippen LogP contribution is -2.46. The van der Waals surface area contributed by atoms with E-state index in [-0.39, 0.29) is 5.69 Å². The zero-order valence-corrected chi connectivity index (χ0v) is 15.4. The molecule has 1 aliphatic rings. The molecule has 27 heavy (non-hydrogen) atoms. The van der Waals surface area contributed by atoms with E-state index in [0.29, 0.717) is 12.8 Å². The second-order valence-corrected chi connectivity index (χ2v) is 6.21. The first kappa shape index (κ1) is 20.3. The van der Waals surface area contributed by atoms with Gasteiger partial charge in [0.1, 0.15) is 17.9 Å². The molecular formula is C18H22FN3O5. The van der Waals surface area contributed by atoms with Crippen LogP contribution in [0.4, 0.5) is 14.9 Å². The van der Waals surface area contributed by atoms with Gasteiger partial charge < -0.3 is 15.4 Å². The fraction of sp³-hybridized carbons (Fsp3) is 0.444. The van der Waals surface area contributed by atoms with Crippen molar-refractivity contribution in [2.24, 2.45) is 0 Å². The molecule has 8 nitrogen and oxygen atoms in total. The van der Waals surface area contributed by atoms with Crippen molar-refractivity contribution in [2.75, 3.05) is 11.9 Å². The summed E-state index contributed by atoms with van der Waals surface area (Å²) < 4.78 is 18.5. The molecule has 2 rings (SSSR count). The molecule has 1 aromatic rings. The highest BCUT2D eigenvalue weighted by molar-refractivity contribution is 6.08. The summed E-state index contributed by atoms with van der Waals surface area (Å²) in [4.78, 5) is 49.3. The fourth-order valence-corrected chi connectivity index (χ4v) is 2.76. The minimum absolute atomic E-state index is 0.0461. The highest BCUT2D eigenvalue weighted by atomic mass is 19.1. The molecule has 4 amide bonds. The lowest BCUT2D eigenvalue weighted by molar-refractivity contribution is -0.155. The Morgan fingerprint density at radius 2 is 1.89 bits per heavy atom. The van der Waals surface area contributed by atoms with Crippen molar-refractivity contribution in [3.8, 4) is 0 Å². The number of anilines is 1. The number of carbonyl (C=O) groups excluding carboxylic acids is 4. The molecule has 1 heterocycles. The van der Waals surface area contributed by atoms with E-state index in [1.54, 1.807) is 19.9 Å². The molecule has 2 N–H and O–H groups in total. The molecular weight excluding hydrogens is 357 g/mol. The third kappa shape index (κ3) is 4.24.